The Kier molecular flexibility index (Phi) is 3.52. The molecule has 0 saturated carbocycles. The summed E-state index contributed by atoms with van der Waals surface area (Å²) in [7, 11) is 0. The molecule has 0 amide bonds. The molecule has 1 unspecified atom stereocenters. The van der Waals surface area contributed by atoms with Crippen LogP contribution in [0.4, 0.5) is 0 Å². The number of hydrogen-bond acceptors (Lipinski definition) is 1. The summed E-state index contributed by atoms with van der Waals surface area (Å²) in [6.45, 7) is 2.15. The molecule has 0 aromatic heterocycles. The Hall–Kier alpha value is -1.11. The second kappa shape index (κ2) is 4.70. The summed E-state index contributed by atoms with van der Waals surface area (Å²) >= 11 is 0. The number of carbonyl (C=O) groups is 1. The van der Waals surface area contributed by atoms with E-state index in [1.807, 2.05) is 24.3 Å². The van der Waals surface area contributed by atoms with Crippen molar-refractivity contribution in [2.24, 2.45) is 5.92 Å². The molecule has 0 radical (unpaired) electrons. The molecule has 1 heteroatoms. The molecule has 0 aromatic carbocycles. The topological polar surface area (TPSA) is 17.1 Å². The lowest BCUT2D eigenvalue weighted by Crippen LogP contribution is -1.90. The summed E-state index contributed by atoms with van der Waals surface area (Å²) in [6, 6.07) is 0. The minimum absolute atomic E-state index is 0.0318. The summed E-state index contributed by atoms with van der Waals surface area (Å²) < 4.78 is 0. The third-order valence-electron chi connectivity index (χ3n) is 1.87. The van der Waals surface area contributed by atoms with Gasteiger partial charge in [-0.05, 0) is 12.0 Å². The Labute approximate surface area is 73.5 Å². The lowest BCUT2D eigenvalue weighted by molar-refractivity contribution is -0.108. The van der Waals surface area contributed by atoms with E-state index < -0.39 is 0 Å². The highest BCUT2D eigenvalue weighted by Gasteiger charge is 1.99. The molecule has 1 aliphatic carbocycles. The van der Waals surface area contributed by atoms with Crippen molar-refractivity contribution in [2.45, 2.75) is 19.8 Å². The van der Waals surface area contributed by atoms with Gasteiger partial charge in [-0.1, -0.05) is 43.7 Å². The van der Waals surface area contributed by atoms with Gasteiger partial charge in [0.2, 0.25) is 0 Å². The lowest BCUT2D eigenvalue weighted by Gasteiger charge is -1.95. The van der Waals surface area contributed by atoms with Crippen LogP contribution in [0.2, 0.25) is 0 Å². The van der Waals surface area contributed by atoms with Crippen molar-refractivity contribution in [3.8, 4) is 0 Å². The highest BCUT2D eigenvalue weighted by Crippen LogP contribution is 2.12. The van der Waals surface area contributed by atoms with Gasteiger partial charge in [0.05, 0.1) is 5.92 Å². The second-order valence-corrected chi connectivity index (χ2v) is 2.95. The summed E-state index contributed by atoms with van der Waals surface area (Å²) in [4.78, 5) is 10.5. The van der Waals surface area contributed by atoms with Crippen molar-refractivity contribution in [1.29, 1.82) is 0 Å². The first-order valence-corrected chi connectivity index (χ1v) is 4.37. The van der Waals surface area contributed by atoms with Gasteiger partial charge in [-0.2, -0.15) is 0 Å². The van der Waals surface area contributed by atoms with E-state index in [0.29, 0.717) is 0 Å². The van der Waals surface area contributed by atoms with E-state index in [1.165, 1.54) is 5.57 Å². The van der Waals surface area contributed by atoms with Crippen LogP contribution in [0.1, 0.15) is 19.8 Å². The van der Waals surface area contributed by atoms with Crippen molar-refractivity contribution in [3.05, 3.63) is 36.0 Å². The standard InChI is InChI=1S/C11H14O/c1-2-4-10-5-3-6-11(9-12)8-7-10/h3,5-9,11H,2,4H2,1H3. The first-order valence-electron chi connectivity index (χ1n) is 4.37. The molecular formula is C11H14O. The molecule has 0 N–H and O–H groups in total. The molecule has 1 nitrogen and oxygen atoms in total. The maximum absolute atomic E-state index is 10.5. The maximum atomic E-state index is 10.5. The third kappa shape index (κ3) is 2.50. The minimum atomic E-state index is -0.0318. The van der Waals surface area contributed by atoms with E-state index in [-0.39, 0.29) is 5.92 Å². The van der Waals surface area contributed by atoms with Gasteiger partial charge in [0, 0.05) is 0 Å². The normalized spacial score (nSPS) is 21.8. The molecule has 0 saturated heterocycles. The van der Waals surface area contributed by atoms with E-state index in [2.05, 4.69) is 13.0 Å². The first kappa shape index (κ1) is 8.98. The Morgan fingerprint density at radius 1 is 1.50 bits per heavy atom. The second-order valence-electron chi connectivity index (χ2n) is 2.95. The van der Waals surface area contributed by atoms with E-state index in [1.54, 1.807) is 0 Å². The maximum Gasteiger partial charge on any atom is 0.130 e. The summed E-state index contributed by atoms with van der Waals surface area (Å²) in [5.41, 5.74) is 1.30. The van der Waals surface area contributed by atoms with Crippen molar-refractivity contribution >= 4 is 6.29 Å². The quantitative estimate of drug-likeness (QED) is 0.583. The zero-order valence-corrected chi connectivity index (χ0v) is 7.36. The predicted octanol–water partition coefficient (Wildman–Crippen LogP) is 2.65. The summed E-state index contributed by atoms with van der Waals surface area (Å²) in [6.07, 6.45) is 13.1. The van der Waals surface area contributed by atoms with Crippen molar-refractivity contribution in [2.75, 3.05) is 0 Å². The molecule has 1 rings (SSSR count). The van der Waals surface area contributed by atoms with Crippen molar-refractivity contribution in [3.63, 3.8) is 0 Å². The van der Waals surface area contributed by atoms with Gasteiger partial charge in [-0.25, -0.2) is 0 Å². The van der Waals surface area contributed by atoms with E-state index >= 15 is 0 Å². The number of hydrogen-bond donors (Lipinski definition) is 0. The third-order valence-corrected chi connectivity index (χ3v) is 1.87. The van der Waals surface area contributed by atoms with Gasteiger partial charge >= 0.3 is 0 Å². The Morgan fingerprint density at radius 2 is 2.33 bits per heavy atom. The van der Waals surface area contributed by atoms with Crippen LogP contribution in [0.25, 0.3) is 0 Å². The fourth-order valence-electron chi connectivity index (χ4n) is 1.21. The van der Waals surface area contributed by atoms with Crippen LogP contribution in [-0.4, -0.2) is 6.29 Å². The van der Waals surface area contributed by atoms with Gasteiger partial charge in [0.15, 0.2) is 0 Å². The first-order chi connectivity index (χ1) is 5.86. The molecule has 0 aliphatic heterocycles. The number of rotatable bonds is 3. The number of allylic oxidation sites excluding steroid dienone is 6. The van der Waals surface area contributed by atoms with Crippen LogP contribution in [0.3, 0.4) is 0 Å². The zero-order chi connectivity index (χ0) is 8.81. The Balaban J connectivity index is 2.64. The molecule has 12 heavy (non-hydrogen) atoms. The van der Waals surface area contributed by atoms with Crippen LogP contribution >= 0.6 is 0 Å². The molecule has 1 atom stereocenters. The van der Waals surface area contributed by atoms with Crippen molar-refractivity contribution < 1.29 is 4.79 Å². The molecule has 0 spiro atoms. The van der Waals surface area contributed by atoms with Gasteiger partial charge < -0.3 is 4.79 Å². The molecular weight excluding hydrogens is 148 g/mol. The molecule has 64 valence electrons. The minimum Gasteiger partial charge on any atom is -0.302 e. The van der Waals surface area contributed by atoms with E-state index in [0.717, 1.165) is 19.1 Å². The average Bonchev–Trinajstić information content (AvgIpc) is 2.31. The largest absolute Gasteiger partial charge is 0.302 e. The van der Waals surface area contributed by atoms with Gasteiger partial charge in [-0.15, -0.1) is 0 Å². The van der Waals surface area contributed by atoms with E-state index in [4.69, 9.17) is 0 Å². The molecule has 1 aliphatic rings. The summed E-state index contributed by atoms with van der Waals surface area (Å²) in [5, 5.41) is 0. The molecule has 0 aromatic rings. The van der Waals surface area contributed by atoms with Gasteiger partial charge in [-0.3, -0.25) is 0 Å². The fourth-order valence-corrected chi connectivity index (χ4v) is 1.21. The monoisotopic (exact) mass is 162 g/mol. The van der Waals surface area contributed by atoms with Crippen LogP contribution < -0.4 is 0 Å². The Morgan fingerprint density at radius 3 is 3.00 bits per heavy atom. The predicted molar refractivity (Wildman–Crippen MR) is 50.8 cm³/mol. The van der Waals surface area contributed by atoms with Gasteiger partial charge in [0.25, 0.3) is 0 Å². The van der Waals surface area contributed by atoms with Crippen molar-refractivity contribution in [1.82, 2.24) is 0 Å². The molecule has 0 bridgehead atoms. The lowest BCUT2D eigenvalue weighted by atomic mass is 10.1. The molecule has 0 heterocycles. The number of carbonyl (C=O) groups excluding carboxylic acids is 1. The zero-order valence-electron chi connectivity index (χ0n) is 7.36. The van der Waals surface area contributed by atoms with Gasteiger partial charge in [0.1, 0.15) is 6.29 Å². The van der Waals surface area contributed by atoms with Crippen LogP contribution in [0, 0.1) is 5.92 Å². The summed E-state index contributed by atoms with van der Waals surface area (Å²) in [5.74, 6) is -0.0318. The number of aldehydes is 1. The Bertz CT molecular complexity index is 233. The van der Waals surface area contributed by atoms with Crippen LogP contribution in [-0.2, 0) is 4.79 Å². The average molecular weight is 162 g/mol. The van der Waals surface area contributed by atoms with Crippen LogP contribution in [0.5, 0.6) is 0 Å². The van der Waals surface area contributed by atoms with Crippen LogP contribution in [0.15, 0.2) is 36.0 Å². The molecule has 0 fully saturated rings. The van der Waals surface area contributed by atoms with E-state index in [9.17, 15) is 4.79 Å². The smallest absolute Gasteiger partial charge is 0.130 e. The highest BCUT2D eigenvalue weighted by molar-refractivity contribution is 5.60. The SMILES string of the molecule is CCCC1=CC=CC(C=O)C=C1. The fraction of sp³-hybridized carbons (Fsp3) is 0.364. The highest BCUT2D eigenvalue weighted by atomic mass is 16.1.